The van der Waals surface area contributed by atoms with E-state index in [2.05, 4.69) is 20.5 Å². The van der Waals surface area contributed by atoms with Crippen molar-refractivity contribution in [3.63, 3.8) is 0 Å². The van der Waals surface area contributed by atoms with Crippen molar-refractivity contribution < 1.29 is 9.72 Å². The fourth-order valence-corrected chi connectivity index (χ4v) is 3.47. The minimum atomic E-state index is -0.502. The van der Waals surface area contributed by atoms with Gasteiger partial charge in [0.05, 0.1) is 15.6 Å². The van der Waals surface area contributed by atoms with E-state index in [0.717, 1.165) is 27.8 Å². The van der Waals surface area contributed by atoms with Crippen LogP contribution in [0.2, 0.25) is 0 Å². The maximum Gasteiger partial charge on any atom is 0.293 e. The number of benzene rings is 1. The van der Waals surface area contributed by atoms with Crippen LogP contribution in [0.3, 0.4) is 0 Å². The molecular weight excluding hydrogens is 374 g/mol. The van der Waals surface area contributed by atoms with Crippen LogP contribution in [0.15, 0.2) is 34.8 Å². The number of aromatic amines is 1. The summed E-state index contributed by atoms with van der Waals surface area (Å²) in [6.45, 7) is 3.63. The molecule has 0 aliphatic rings. The average molecular weight is 389 g/mol. The highest BCUT2D eigenvalue weighted by atomic mass is 32.2. The number of rotatable bonds is 6. The van der Waals surface area contributed by atoms with Crippen molar-refractivity contribution >= 4 is 40.4 Å². The molecule has 3 aromatic rings. The summed E-state index contributed by atoms with van der Waals surface area (Å²) in [5.74, 6) is 0.336. The standard InChI is InChI=1S/C16H15N5O3S2/c1-9-6-11(12(21(23)24)7-10(9)2)17-14(22)8-26-16-18-15(19-20-16)13-4-3-5-25-13/h3-7H,8H2,1-2H3,(H,17,22)(H,18,19,20). The second-order valence-corrected chi connectivity index (χ2v) is 7.38. The number of H-pyrrole nitrogens is 1. The number of anilines is 1. The third kappa shape index (κ3) is 4.09. The van der Waals surface area contributed by atoms with Crippen LogP contribution in [0.5, 0.6) is 0 Å². The lowest BCUT2D eigenvalue weighted by Crippen LogP contribution is -2.15. The van der Waals surface area contributed by atoms with Crippen molar-refractivity contribution in [1.82, 2.24) is 15.2 Å². The summed E-state index contributed by atoms with van der Waals surface area (Å²) in [4.78, 5) is 28.1. The fourth-order valence-electron chi connectivity index (χ4n) is 2.20. The van der Waals surface area contributed by atoms with Crippen LogP contribution in [-0.4, -0.2) is 31.8 Å². The lowest BCUT2D eigenvalue weighted by molar-refractivity contribution is -0.384. The number of aryl methyl sites for hydroxylation is 2. The summed E-state index contributed by atoms with van der Waals surface area (Å²) in [7, 11) is 0. The molecule has 0 fully saturated rings. The highest BCUT2D eigenvalue weighted by molar-refractivity contribution is 7.99. The fraction of sp³-hybridized carbons (Fsp3) is 0.188. The molecule has 0 saturated carbocycles. The smallest absolute Gasteiger partial charge is 0.293 e. The molecule has 2 N–H and O–H groups in total. The second kappa shape index (κ2) is 7.67. The number of thiophene rings is 1. The van der Waals surface area contributed by atoms with E-state index in [-0.39, 0.29) is 23.0 Å². The van der Waals surface area contributed by atoms with E-state index in [0.29, 0.717) is 11.0 Å². The molecule has 0 atom stereocenters. The molecule has 26 heavy (non-hydrogen) atoms. The van der Waals surface area contributed by atoms with Gasteiger partial charge in [0, 0.05) is 6.07 Å². The minimum absolute atomic E-state index is 0.0474. The van der Waals surface area contributed by atoms with Crippen LogP contribution in [0.25, 0.3) is 10.7 Å². The summed E-state index contributed by atoms with van der Waals surface area (Å²) in [6, 6.07) is 6.91. The van der Waals surface area contributed by atoms with Crippen LogP contribution < -0.4 is 5.32 Å². The second-order valence-electron chi connectivity index (χ2n) is 5.49. The van der Waals surface area contributed by atoms with Gasteiger partial charge in [-0.25, -0.2) is 4.98 Å². The summed E-state index contributed by atoms with van der Waals surface area (Å²) in [6.07, 6.45) is 0. The van der Waals surface area contributed by atoms with Gasteiger partial charge in [0.25, 0.3) is 5.69 Å². The molecule has 0 unspecified atom stereocenters. The minimum Gasteiger partial charge on any atom is -0.320 e. The number of hydrogen-bond donors (Lipinski definition) is 2. The van der Waals surface area contributed by atoms with Crippen molar-refractivity contribution in [2.45, 2.75) is 19.0 Å². The quantitative estimate of drug-likeness (QED) is 0.377. The Labute approximate surface area is 157 Å². The molecule has 8 nitrogen and oxygen atoms in total. The van der Waals surface area contributed by atoms with E-state index < -0.39 is 4.92 Å². The molecule has 2 heterocycles. The molecule has 10 heteroatoms. The predicted molar refractivity (Wildman–Crippen MR) is 102 cm³/mol. The monoisotopic (exact) mass is 389 g/mol. The van der Waals surface area contributed by atoms with Crippen molar-refractivity contribution in [2.24, 2.45) is 0 Å². The van der Waals surface area contributed by atoms with Gasteiger partial charge in [-0.2, -0.15) is 0 Å². The lowest BCUT2D eigenvalue weighted by Gasteiger charge is -2.08. The Bertz CT molecular complexity index is 953. The Hall–Kier alpha value is -2.72. The van der Waals surface area contributed by atoms with E-state index in [1.807, 2.05) is 24.4 Å². The number of nitrogens with one attached hydrogen (secondary N) is 2. The summed E-state index contributed by atoms with van der Waals surface area (Å²) < 4.78 is 0. The van der Waals surface area contributed by atoms with Gasteiger partial charge in [-0.1, -0.05) is 17.8 Å². The first-order valence-electron chi connectivity index (χ1n) is 7.58. The van der Waals surface area contributed by atoms with E-state index >= 15 is 0 Å². The predicted octanol–water partition coefficient (Wildman–Crippen LogP) is 3.79. The van der Waals surface area contributed by atoms with E-state index in [9.17, 15) is 14.9 Å². The van der Waals surface area contributed by atoms with E-state index in [1.54, 1.807) is 13.0 Å². The zero-order chi connectivity index (χ0) is 18.7. The number of nitrogens with zero attached hydrogens (tertiary/aromatic N) is 3. The van der Waals surface area contributed by atoms with Gasteiger partial charge >= 0.3 is 0 Å². The zero-order valence-electron chi connectivity index (χ0n) is 14.0. The first-order valence-corrected chi connectivity index (χ1v) is 9.45. The SMILES string of the molecule is Cc1cc(NC(=O)CSc2n[nH]c(-c3cccs3)n2)c([N+](=O)[O-])cc1C. The molecule has 2 aromatic heterocycles. The first kappa shape index (κ1) is 18.1. The number of carbonyl (C=O) groups excluding carboxylic acids is 1. The van der Waals surface area contributed by atoms with Crippen LogP contribution in [-0.2, 0) is 4.79 Å². The van der Waals surface area contributed by atoms with Crippen molar-refractivity contribution in [2.75, 3.05) is 11.1 Å². The molecule has 3 rings (SSSR count). The Kier molecular flexibility index (Phi) is 5.33. The van der Waals surface area contributed by atoms with Crippen LogP contribution in [0, 0.1) is 24.0 Å². The number of aromatic nitrogens is 3. The van der Waals surface area contributed by atoms with Gasteiger partial charge in [0.1, 0.15) is 5.69 Å². The van der Waals surface area contributed by atoms with Gasteiger partial charge in [0.2, 0.25) is 11.1 Å². The van der Waals surface area contributed by atoms with Gasteiger partial charge in [-0.15, -0.1) is 16.4 Å². The normalized spacial score (nSPS) is 10.7. The highest BCUT2D eigenvalue weighted by Gasteiger charge is 2.18. The molecule has 0 aliphatic heterocycles. The van der Waals surface area contributed by atoms with Gasteiger partial charge < -0.3 is 5.32 Å². The van der Waals surface area contributed by atoms with Crippen LogP contribution in [0.1, 0.15) is 11.1 Å². The largest absolute Gasteiger partial charge is 0.320 e. The number of nitro benzene ring substituents is 1. The maximum absolute atomic E-state index is 12.2. The molecule has 134 valence electrons. The first-order chi connectivity index (χ1) is 12.4. The lowest BCUT2D eigenvalue weighted by atomic mass is 10.1. The molecule has 0 aliphatic carbocycles. The third-order valence-electron chi connectivity index (χ3n) is 3.63. The highest BCUT2D eigenvalue weighted by Crippen LogP contribution is 2.28. The number of carbonyl (C=O) groups is 1. The van der Waals surface area contributed by atoms with E-state index in [1.165, 1.54) is 17.4 Å². The number of hydrogen-bond acceptors (Lipinski definition) is 7. The molecule has 1 amide bonds. The molecule has 1 aromatic carbocycles. The summed E-state index contributed by atoms with van der Waals surface area (Å²) >= 11 is 2.69. The molecule has 0 radical (unpaired) electrons. The Morgan fingerprint density at radius 3 is 2.85 bits per heavy atom. The van der Waals surface area contributed by atoms with Crippen molar-refractivity contribution in [3.05, 3.63) is 50.9 Å². The Balaban J connectivity index is 1.65. The maximum atomic E-state index is 12.2. The number of amides is 1. The Morgan fingerprint density at radius 1 is 1.38 bits per heavy atom. The Morgan fingerprint density at radius 2 is 2.15 bits per heavy atom. The average Bonchev–Trinajstić information content (AvgIpc) is 3.26. The van der Waals surface area contributed by atoms with Crippen LogP contribution in [0.4, 0.5) is 11.4 Å². The van der Waals surface area contributed by atoms with Crippen molar-refractivity contribution in [3.8, 4) is 10.7 Å². The van der Waals surface area contributed by atoms with Crippen LogP contribution >= 0.6 is 23.1 Å². The van der Waals surface area contributed by atoms with E-state index in [4.69, 9.17) is 0 Å². The summed E-state index contributed by atoms with van der Waals surface area (Å²) in [5.41, 5.74) is 1.74. The molecule has 0 spiro atoms. The molecule has 0 bridgehead atoms. The van der Waals surface area contributed by atoms with Gasteiger partial charge in [-0.3, -0.25) is 20.0 Å². The zero-order valence-corrected chi connectivity index (χ0v) is 15.6. The van der Waals surface area contributed by atoms with Gasteiger partial charge in [0.15, 0.2) is 5.82 Å². The molecule has 0 saturated heterocycles. The summed E-state index contributed by atoms with van der Waals surface area (Å²) in [5, 5.41) is 23.1. The van der Waals surface area contributed by atoms with Crippen molar-refractivity contribution in [1.29, 1.82) is 0 Å². The number of thioether (sulfide) groups is 1. The topological polar surface area (TPSA) is 114 Å². The van der Waals surface area contributed by atoms with Gasteiger partial charge in [-0.05, 0) is 42.5 Å². The molecular formula is C16H15N5O3S2. The number of nitro groups is 1. The third-order valence-corrected chi connectivity index (χ3v) is 5.36.